The molecular weight excluding hydrogens is 383 g/mol. The molecule has 0 saturated carbocycles. The maximum absolute atomic E-state index is 12.9. The molecule has 0 radical (unpaired) electrons. The predicted molar refractivity (Wildman–Crippen MR) is 100 cm³/mol. The Labute approximate surface area is 165 Å². The molecule has 3 aromatic rings. The summed E-state index contributed by atoms with van der Waals surface area (Å²) in [5, 5.41) is 8.22. The van der Waals surface area contributed by atoms with Gasteiger partial charge >= 0.3 is 6.18 Å². The van der Waals surface area contributed by atoms with E-state index >= 15 is 0 Å². The van der Waals surface area contributed by atoms with Crippen LogP contribution < -0.4 is 4.90 Å². The van der Waals surface area contributed by atoms with E-state index in [0.29, 0.717) is 16.8 Å². The lowest BCUT2D eigenvalue weighted by molar-refractivity contribution is -0.137. The second kappa shape index (κ2) is 6.91. The number of halogens is 3. The largest absolute Gasteiger partial charge is 0.416 e. The molecule has 0 bridgehead atoms. The van der Waals surface area contributed by atoms with Gasteiger partial charge in [0.15, 0.2) is 6.17 Å². The predicted octanol–water partition coefficient (Wildman–Crippen LogP) is 3.57. The van der Waals surface area contributed by atoms with Crippen LogP contribution >= 0.6 is 0 Å². The van der Waals surface area contributed by atoms with Crippen molar-refractivity contribution in [3.05, 3.63) is 77.1 Å². The van der Waals surface area contributed by atoms with Crippen LogP contribution in [0.1, 0.15) is 33.3 Å². The molecule has 1 atom stereocenters. The Bertz CT molecular complexity index is 1060. The van der Waals surface area contributed by atoms with Crippen molar-refractivity contribution in [2.75, 3.05) is 19.0 Å². The zero-order valence-corrected chi connectivity index (χ0v) is 15.8. The molecule has 6 nitrogen and oxygen atoms in total. The molecule has 1 aromatic heterocycles. The monoisotopic (exact) mass is 401 g/mol. The van der Waals surface area contributed by atoms with Crippen molar-refractivity contribution in [3.63, 3.8) is 0 Å². The third kappa shape index (κ3) is 3.43. The van der Waals surface area contributed by atoms with Crippen LogP contribution in [-0.4, -0.2) is 39.9 Å². The van der Waals surface area contributed by atoms with E-state index in [2.05, 4.69) is 10.3 Å². The van der Waals surface area contributed by atoms with Gasteiger partial charge in [-0.2, -0.15) is 13.2 Å². The number of amides is 1. The number of fused-ring (bicyclic) bond motifs is 1. The Hall–Kier alpha value is -3.36. The van der Waals surface area contributed by atoms with Crippen LogP contribution in [0.5, 0.6) is 0 Å². The molecule has 0 spiro atoms. The highest BCUT2D eigenvalue weighted by Crippen LogP contribution is 2.35. The molecule has 1 amide bonds. The van der Waals surface area contributed by atoms with E-state index in [9.17, 15) is 18.0 Å². The minimum atomic E-state index is -4.40. The second-order valence-electron chi connectivity index (χ2n) is 6.96. The zero-order chi connectivity index (χ0) is 20.8. The molecule has 1 aliphatic heterocycles. The van der Waals surface area contributed by atoms with E-state index in [0.717, 1.165) is 17.8 Å². The highest BCUT2D eigenvalue weighted by molar-refractivity contribution is 6.01. The number of carbonyl (C=O) groups is 1. The molecule has 0 fully saturated rings. The summed E-state index contributed by atoms with van der Waals surface area (Å²) >= 11 is 0. The first-order chi connectivity index (χ1) is 13.8. The number of nitrogens with zero attached hydrogens (tertiary/aromatic N) is 5. The fourth-order valence-corrected chi connectivity index (χ4v) is 3.59. The lowest BCUT2D eigenvalue weighted by Crippen LogP contribution is -2.45. The molecule has 1 aliphatic rings. The number of carbonyl (C=O) groups excluding carboxylic acids is 1. The molecular formula is C20H18F3N5O. The first-order valence-electron chi connectivity index (χ1n) is 8.91. The second-order valence-corrected chi connectivity index (χ2v) is 6.96. The van der Waals surface area contributed by atoms with Gasteiger partial charge in [-0.25, -0.2) is 4.68 Å². The lowest BCUT2D eigenvalue weighted by Gasteiger charge is -2.40. The summed E-state index contributed by atoms with van der Waals surface area (Å²) in [6.07, 6.45) is -3.21. The van der Waals surface area contributed by atoms with Gasteiger partial charge in [0.2, 0.25) is 0 Å². The van der Waals surface area contributed by atoms with Crippen molar-refractivity contribution in [2.24, 2.45) is 0 Å². The van der Waals surface area contributed by atoms with Gasteiger partial charge in [0, 0.05) is 14.1 Å². The summed E-state index contributed by atoms with van der Waals surface area (Å²) in [5.41, 5.74) is 1.68. The third-order valence-corrected chi connectivity index (χ3v) is 4.99. The van der Waals surface area contributed by atoms with E-state index in [1.54, 1.807) is 30.3 Å². The normalized spacial score (nSPS) is 16.9. The van der Waals surface area contributed by atoms with Crippen LogP contribution in [0.4, 0.5) is 18.9 Å². The number of alkyl halides is 3. The molecule has 0 aliphatic carbocycles. The number of anilines is 1. The topological polar surface area (TPSA) is 54.3 Å². The van der Waals surface area contributed by atoms with Gasteiger partial charge in [0.25, 0.3) is 5.91 Å². The number of rotatable bonds is 3. The summed E-state index contributed by atoms with van der Waals surface area (Å²) in [6, 6.07) is 12.4. The van der Waals surface area contributed by atoms with Crippen molar-refractivity contribution in [1.82, 2.24) is 19.9 Å². The van der Waals surface area contributed by atoms with E-state index in [-0.39, 0.29) is 12.5 Å². The number of benzene rings is 2. The van der Waals surface area contributed by atoms with Gasteiger partial charge in [-0.3, -0.25) is 4.79 Å². The van der Waals surface area contributed by atoms with Crippen LogP contribution in [0.3, 0.4) is 0 Å². The molecule has 4 rings (SSSR count). The SMILES string of the molecule is CN1C(=O)c2ccccc2N(C)C1c1cn(Cc2cccc(C(F)(F)F)c2)nn1. The molecule has 1 unspecified atom stereocenters. The summed E-state index contributed by atoms with van der Waals surface area (Å²) in [4.78, 5) is 16.2. The van der Waals surface area contributed by atoms with Crippen LogP contribution in [0, 0.1) is 0 Å². The summed E-state index contributed by atoms with van der Waals surface area (Å²) in [5.74, 6) is -0.129. The Kier molecular flexibility index (Phi) is 4.52. The van der Waals surface area contributed by atoms with Crippen molar-refractivity contribution < 1.29 is 18.0 Å². The highest BCUT2D eigenvalue weighted by Gasteiger charge is 2.36. The molecule has 9 heteroatoms. The van der Waals surface area contributed by atoms with Crippen molar-refractivity contribution in [3.8, 4) is 0 Å². The van der Waals surface area contributed by atoms with Gasteiger partial charge in [-0.15, -0.1) is 5.10 Å². The molecule has 0 N–H and O–H groups in total. The van der Waals surface area contributed by atoms with E-state index in [4.69, 9.17) is 0 Å². The Morgan fingerprint density at radius 2 is 1.79 bits per heavy atom. The quantitative estimate of drug-likeness (QED) is 0.674. The van der Waals surface area contributed by atoms with Gasteiger partial charge in [-0.1, -0.05) is 29.5 Å². The molecule has 2 aromatic carbocycles. The van der Waals surface area contributed by atoms with E-state index in [1.807, 2.05) is 30.1 Å². The number of hydrogen-bond donors (Lipinski definition) is 0. The maximum Gasteiger partial charge on any atom is 0.416 e. The van der Waals surface area contributed by atoms with Crippen molar-refractivity contribution in [1.29, 1.82) is 0 Å². The van der Waals surface area contributed by atoms with Gasteiger partial charge < -0.3 is 9.80 Å². The Morgan fingerprint density at radius 3 is 2.55 bits per heavy atom. The van der Waals surface area contributed by atoms with Crippen molar-refractivity contribution in [2.45, 2.75) is 18.9 Å². The standard InChI is InChI=1S/C20H18F3N5O/c1-26-17-9-4-3-8-15(17)19(29)27(2)18(26)16-12-28(25-24-16)11-13-6-5-7-14(10-13)20(21,22)23/h3-10,12,18H,11H2,1-2H3. The lowest BCUT2D eigenvalue weighted by atomic mass is 10.1. The third-order valence-electron chi connectivity index (χ3n) is 4.99. The average molecular weight is 401 g/mol. The first-order valence-corrected chi connectivity index (χ1v) is 8.91. The van der Waals surface area contributed by atoms with Gasteiger partial charge in [0.1, 0.15) is 5.69 Å². The number of hydrogen-bond acceptors (Lipinski definition) is 4. The zero-order valence-electron chi connectivity index (χ0n) is 15.8. The van der Waals surface area contributed by atoms with E-state index in [1.165, 1.54) is 10.7 Å². The molecule has 0 saturated heterocycles. The molecule has 150 valence electrons. The summed E-state index contributed by atoms with van der Waals surface area (Å²) < 4.78 is 40.2. The van der Waals surface area contributed by atoms with Crippen LogP contribution in [0.2, 0.25) is 0 Å². The minimum absolute atomic E-state index is 0.129. The highest BCUT2D eigenvalue weighted by atomic mass is 19.4. The fourth-order valence-electron chi connectivity index (χ4n) is 3.59. The maximum atomic E-state index is 12.9. The van der Waals surface area contributed by atoms with Crippen LogP contribution in [-0.2, 0) is 12.7 Å². The Balaban J connectivity index is 1.61. The van der Waals surface area contributed by atoms with Crippen LogP contribution in [0.15, 0.2) is 54.7 Å². The molecule has 29 heavy (non-hydrogen) atoms. The van der Waals surface area contributed by atoms with Crippen molar-refractivity contribution >= 4 is 11.6 Å². The smallest absolute Gasteiger partial charge is 0.348 e. The fraction of sp³-hybridized carbons (Fsp3) is 0.250. The number of para-hydroxylation sites is 1. The van der Waals surface area contributed by atoms with Crippen LogP contribution in [0.25, 0.3) is 0 Å². The average Bonchev–Trinajstić information content (AvgIpc) is 3.14. The summed E-state index contributed by atoms with van der Waals surface area (Å²) in [6.45, 7) is 0.140. The van der Waals surface area contributed by atoms with Gasteiger partial charge in [0.05, 0.1) is 29.6 Å². The Morgan fingerprint density at radius 1 is 1.03 bits per heavy atom. The number of aromatic nitrogens is 3. The van der Waals surface area contributed by atoms with Gasteiger partial charge in [-0.05, 0) is 29.8 Å². The summed E-state index contributed by atoms with van der Waals surface area (Å²) in [7, 11) is 3.55. The molecule has 2 heterocycles. The first kappa shape index (κ1) is 19.0. The minimum Gasteiger partial charge on any atom is -0.348 e. The van der Waals surface area contributed by atoms with E-state index < -0.39 is 17.9 Å².